The van der Waals surface area contributed by atoms with Gasteiger partial charge in [-0.05, 0) is 18.2 Å². The molecule has 0 aliphatic rings. The van der Waals surface area contributed by atoms with Crippen LogP contribution in [0.2, 0.25) is 0 Å². The minimum Gasteiger partial charge on any atom is -0.479 e. The minimum atomic E-state index is -4.90. The molecule has 0 spiro atoms. The highest BCUT2D eigenvalue weighted by Gasteiger charge is 2.31. The van der Waals surface area contributed by atoms with Crippen molar-refractivity contribution in [1.82, 2.24) is 0 Å². The maximum atomic E-state index is 11.9. The Hall–Kier alpha value is -1.96. The van der Waals surface area contributed by atoms with E-state index in [0.717, 1.165) is 18.2 Å². The van der Waals surface area contributed by atoms with Crippen LogP contribution in [0.3, 0.4) is 0 Å². The number of hydrogen-bond acceptors (Lipinski definition) is 4. The second-order valence-corrected chi connectivity index (χ2v) is 3.08. The van der Waals surface area contributed by atoms with Gasteiger partial charge in [-0.25, -0.2) is 4.79 Å². The Kier molecular flexibility index (Phi) is 3.47. The zero-order valence-electron chi connectivity index (χ0n) is 8.23. The van der Waals surface area contributed by atoms with Crippen LogP contribution in [0, 0.1) is 0 Å². The van der Waals surface area contributed by atoms with Crippen LogP contribution in [-0.2, 0) is 4.79 Å². The van der Waals surface area contributed by atoms with Gasteiger partial charge in [-0.15, -0.1) is 13.2 Å². The van der Waals surface area contributed by atoms with Gasteiger partial charge < -0.3 is 20.7 Å². The van der Waals surface area contributed by atoms with Crippen LogP contribution in [0.15, 0.2) is 18.2 Å². The zero-order chi connectivity index (χ0) is 13.2. The second-order valence-electron chi connectivity index (χ2n) is 3.08. The molecule has 1 aromatic carbocycles. The maximum Gasteiger partial charge on any atom is 0.573 e. The fourth-order valence-electron chi connectivity index (χ4n) is 1.12. The van der Waals surface area contributed by atoms with E-state index in [1.807, 2.05) is 0 Å². The molecule has 94 valence electrons. The number of rotatable bonds is 3. The number of aliphatic carboxylic acids is 1. The normalized spacial score (nSPS) is 13.2. The molecule has 0 heterocycles. The molecule has 0 bridgehead atoms. The van der Waals surface area contributed by atoms with Crippen molar-refractivity contribution in [1.29, 1.82) is 0 Å². The Labute approximate surface area is 93.2 Å². The Bertz CT molecular complexity index is 433. The predicted molar refractivity (Wildman–Crippen MR) is 50.1 cm³/mol. The van der Waals surface area contributed by atoms with Gasteiger partial charge in [0.25, 0.3) is 0 Å². The van der Waals surface area contributed by atoms with E-state index in [1.165, 1.54) is 0 Å². The number of carbonyl (C=O) groups is 1. The SMILES string of the molecule is Nc1ccc(OC(F)(F)F)cc1C(O)C(=O)O. The molecule has 17 heavy (non-hydrogen) atoms. The molecule has 8 heteroatoms. The first-order chi connectivity index (χ1) is 7.70. The van der Waals surface area contributed by atoms with Crippen LogP contribution < -0.4 is 10.5 Å². The number of benzene rings is 1. The molecule has 0 aliphatic carbocycles. The Morgan fingerprint density at radius 1 is 1.41 bits per heavy atom. The molecule has 0 saturated carbocycles. The molecular formula is C9H8F3NO4. The van der Waals surface area contributed by atoms with Crippen molar-refractivity contribution in [2.24, 2.45) is 0 Å². The molecule has 1 atom stereocenters. The summed E-state index contributed by atoms with van der Waals surface area (Å²) in [7, 11) is 0. The van der Waals surface area contributed by atoms with E-state index in [0.29, 0.717) is 0 Å². The molecule has 5 nitrogen and oxygen atoms in total. The van der Waals surface area contributed by atoms with Crippen LogP contribution in [0.5, 0.6) is 5.75 Å². The van der Waals surface area contributed by atoms with E-state index in [2.05, 4.69) is 4.74 Å². The molecule has 0 aromatic heterocycles. The predicted octanol–water partition coefficient (Wildman–Crippen LogP) is 1.29. The van der Waals surface area contributed by atoms with E-state index in [1.54, 1.807) is 0 Å². The van der Waals surface area contributed by atoms with Crippen molar-refractivity contribution in [2.75, 3.05) is 5.73 Å². The molecule has 0 amide bonds. The number of halogens is 3. The molecule has 1 rings (SSSR count). The van der Waals surface area contributed by atoms with Gasteiger partial charge in [0.2, 0.25) is 0 Å². The number of carboxylic acid groups (broad SMARTS) is 1. The second kappa shape index (κ2) is 4.50. The average molecular weight is 251 g/mol. The Balaban J connectivity index is 3.06. The number of aliphatic hydroxyl groups excluding tert-OH is 1. The molecule has 4 N–H and O–H groups in total. The third-order valence-corrected chi connectivity index (χ3v) is 1.82. The number of nitrogens with two attached hydrogens (primary N) is 1. The van der Waals surface area contributed by atoms with Gasteiger partial charge in [0.1, 0.15) is 5.75 Å². The maximum absolute atomic E-state index is 11.9. The van der Waals surface area contributed by atoms with E-state index < -0.39 is 24.2 Å². The molecule has 1 unspecified atom stereocenters. The molecule has 1 aromatic rings. The van der Waals surface area contributed by atoms with Crippen molar-refractivity contribution < 1.29 is 32.9 Å². The van der Waals surface area contributed by atoms with Crippen molar-refractivity contribution >= 4 is 11.7 Å². The van der Waals surface area contributed by atoms with Crippen LogP contribution in [-0.4, -0.2) is 22.5 Å². The van der Waals surface area contributed by atoms with Gasteiger partial charge in [0.05, 0.1) is 0 Å². The van der Waals surface area contributed by atoms with Gasteiger partial charge in [-0.2, -0.15) is 0 Å². The van der Waals surface area contributed by atoms with Gasteiger partial charge in [-0.1, -0.05) is 0 Å². The van der Waals surface area contributed by atoms with Crippen molar-refractivity contribution in [3.63, 3.8) is 0 Å². The molecule has 0 fully saturated rings. The number of nitrogen functional groups attached to an aromatic ring is 1. The lowest BCUT2D eigenvalue weighted by Crippen LogP contribution is -2.18. The molecule has 0 aliphatic heterocycles. The summed E-state index contributed by atoms with van der Waals surface area (Å²) >= 11 is 0. The lowest BCUT2D eigenvalue weighted by atomic mass is 10.1. The van der Waals surface area contributed by atoms with E-state index >= 15 is 0 Å². The largest absolute Gasteiger partial charge is 0.573 e. The highest BCUT2D eigenvalue weighted by atomic mass is 19.4. The van der Waals surface area contributed by atoms with E-state index in [9.17, 15) is 23.1 Å². The summed E-state index contributed by atoms with van der Waals surface area (Å²) in [6, 6.07) is 2.66. The van der Waals surface area contributed by atoms with Crippen molar-refractivity contribution in [3.05, 3.63) is 23.8 Å². The summed E-state index contributed by atoms with van der Waals surface area (Å²) in [6.07, 6.45) is -6.91. The van der Waals surface area contributed by atoms with Crippen molar-refractivity contribution in [2.45, 2.75) is 12.5 Å². The fraction of sp³-hybridized carbons (Fsp3) is 0.222. The average Bonchev–Trinajstić information content (AvgIpc) is 2.17. The quantitative estimate of drug-likeness (QED) is 0.704. The zero-order valence-corrected chi connectivity index (χ0v) is 8.23. The molecule has 0 saturated heterocycles. The lowest BCUT2D eigenvalue weighted by Gasteiger charge is -2.13. The van der Waals surface area contributed by atoms with Gasteiger partial charge in [0.15, 0.2) is 6.10 Å². The lowest BCUT2D eigenvalue weighted by molar-refractivity contribution is -0.274. The summed E-state index contributed by atoms with van der Waals surface area (Å²) in [4.78, 5) is 10.5. The first-order valence-corrected chi connectivity index (χ1v) is 4.27. The molecule has 0 radical (unpaired) electrons. The number of hydrogen-bond donors (Lipinski definition) is 3. The number of aliphatic hydroxyl groups is 1. The monoisotopic (exact) mass is 251 g/mol. The third kappa shape index (κ3) is 3.52. The fourth-order valence-corrected chi connectivity index (χ4v) is 1.12. The Morgan fingerprint density at radius 2 is 2.00 bits per heavy atom. The van der Waals surface area contributed by atoms with Gasteiger partial charge in [0, 0.05) is 11.3 Å². The summed E-state index contributed by atoms with van der Waals surface area (Å²) in [6.45, 7) is 0. The van der Waals surface area contributed by atoms with Crippen LogP contribution >= 0.6 is 0 Å². The van der Waals surface area contributed by atoms with E-state index in [-0.39, 0.29) is 11.3 Å². The topological polar surface area (TPSA) is 92.8 Å². The highest BCUT2D eigenvalue weighted by Crippen LogP contribution is 2.29. The third-order valence-electron chi connectivity index (χ3n) is 1.82. The number of ether oxygens (including phenoxy) is 1. The first-order valence-electron chi connectivity index (χ1n) is 4.27. The van der Waals surface area contributed by atoms with Crippen molar-refractivity contribution in [3.8, 4) is 5.75 Å². The standard InChI is InChI=1S/C9H8F3NO4/c10-9(11,12)17-4-1-2-6(13)5(3-4)7(14)8(15)16/h1-3,7,14H,13H2,(H,15,16). The number of carboxylic acids is 1. The summed E-state index contributed by atoms with van der Waals surface area (Å²) in [5.74, 6) is -2.28. The minimum absolute atomic E-state index is 0.144. The number of anilines is 1. The van der Waals surface area contributed by atoms with Gasteiger partial charge >= 0.3 is 12.3 Å². The van der Waals surface area contributed by atoms with Crippen LogP contribution in [0.25, 0.3) is 0 Å². The summed E-state index contributed by atoms with van der Waals surface area (Å²) in [5, 5.41) is 17.7. The smallest absolute Gasteiger partial charge is 0.479 e. The highest BCUT2D eigenvalue weighted by molar-refractivity contribution is 5.76. The number of alkyl halides is 3. The molecular weight excluding hydrogens is 243 g/mol. The van der Waals surface area contributed by atoms with E-state index in [4.69, 9.17) is 10.8 Å². The Morgan fingerprint density at radius 3 is 2.47 bits per heavy atom. The van der Waals surface area contributed by atoms with Crippen LogP contribution in [0.1, 0.15) is 11.7 Å². The summed E-state index contributed by atoms with van der Waals surface area (Å²) < 4.78 is 39.3. The van der Waals surface area contributed by atoms with Gasteiger partial charge in [-0.3, -0.25) is 0 Å². The summed E-state index contributed by atoms with van der Waals surface area (Å²) in [5.41, 5.74) is 4.83. The first kappa shape index (κ1) is 13.1. The van der Waals surface area contributed by atoms with Crippen LogP contribution in [0.4, 0.5) is 18.9 Å².